The third kappa shape index (κ3) is 5.45. The number of carbonyl (C=O) groups is 1. The van der Waals surface area contributed by atoms with Crippen LogP contribution < -0.4 is 19.1 Å². The van der Waals surface area contributed by atoms with E-state index in [0.717, 1.165) is 28.9 Å². The molecule has 0 unspecified atom stereocenters. The van der Waals surface area contributed by atoms with Crippen LogP contribution in [0.25, 0.3) is 10.2 Å². The Kier molecular flexibility index (Phi) is 7.70. The fourth-order valence-corrected chi connectivity index (χ4v) is 4.22. The summed E-state index contributed by atoms with van der Waals surface area (Å²) >= 11 is 1.49. The molecule has 3 aromatic rings. The van der Waals surface area contributed by atoms with Crippen LogP contribution in [-0.2, 0) is 0 Å². The molecular formula is C23H29N3O4S. The summed E-state index contributed by atoms with van der Waals surface area (Å²) < 4.78 is 17.4. The molecule has 3 rings (SSSR count). The number of fused-ring (bicyclic) bond motifs is 1. The van der Waals surface area contributed by atoms with Crippen LogP contribution in [0.5, 0.6) is 17.2 Å². The fraction of sp³-hybridized carbons (Fsp3) is 0.391. The van der Waals surface area contributed by atoms with Crippen molar-refractivity contribution in [3.05, 3.63) is 42.0 Å². The molecule has 0 saturated heterocycles. The molecule has 31 heavy (non-hydrogen) atoms. The number of carbonyl (C=O) groups excluding carboxylic acids is 1. The topological polar surface area (TPSA) is 64.1 Å². The fourth-order valence-electron chi connectivity index (χ4n) is 3.21. The molecule has 0 atom stereocenters. The highest BCUT2D eigenvalue weighted by Crippen LogP contribution is 2.35. The first kappa shape index (κ1) is 22.8. The Morgan fingerprint density at radius 1 is 1.06 bits per heavy atom. The Morgan fingerprint density at radius 2 is 1.77 bits per heavy atom. The normalized spacial score (nSPS) is 11.0. The van der Waals surface area contributed by atoms with Gasteiger partial charge in [0.15, 0.2) is 5.13 Å². The zero-order valence-electron chi connectivity index (χ0n) is 18.7. The van der Waals surface area contributed by atoms with Crippen LogP contribution in [0, 0.1) is 0 Å². The van der Waals surface area contributed by atoms with Gasteiger partial charge < -0.3 is 19.1 Å². The summed E-state index contributed by atoms with van der Waals surface area (Å²) in [6, 6.07) is 11.0. The maximum Gasteiger partial charge on any atom is 0.260 e. The summed E-state index contributed by atoms with van der Waals surface area (Å²) in [7, 11) is 7.18. The molecule has 0 spiro atoms. The quantitative estimate of drug-likeness (QED) is 0.465. The second-order valence-electron chi connectivity index (χ2n) is 7.25. The lowest BCUT2D eigenvalue weighted by Crippen LogP contribution is -2.33. The number of thiazole rings is 1. The molecule has 1 heterocycles. The first-order valence-electron chi connectivity index (χ1n) is 10.2. The third-order valence-electron chi connectivity index (χ3n) is 4.73. The number of hydrogen-bond donors (Lipinski definition) is 0. The van der Waals surface area contributed by atoms with Gasteiger partial charge in [0.2, 0.25) is 0 Å². The van der Waals surface area contributed by atoms with Crippen LogP contribution in [0.15, 0.2) is 36.4 Å². The van der Waals surface area contributed by atoms with Crippen LogP contribution in [0.4, 0.5) is 5.13 Å². The number of para-hydroxylation sites is 1. The van der Waals surface area contributed by atoms with Crippen molar-refractivity contribution in [3.8, 4) is 17.2 Å². The minimum absolute atomic E-state index is 0.145. The number of anilines is 1. The first-order valence-corrected chi connectivity index (χ1v) is 11.0. The Bertz CT molecular complexity index is 1010. The van der Waals surface area contributed by atoms with Crippen LogP contribution in [0.2, 0.25) is 0 Å². The molecule has 166 valence electrons. The number of aromatic nitrogens is 1. The molecule has 0 aliphatic rings. The molecule has 8 heteroatoms. The first-order chi connectivity index (χ1) is 15.0. The van der Waals surface area contributed by atoms with E-state index in [-0.39, 0.29) is 5.91 Å². The third-order valence-corrected chi connectivity index (χ3v) is 5.78. The van der Waals surface area contributed by atoms with Gasteiger partial charge in [-0.25, -0.2) is 4.98 Å². The van der Waals surface area contributed by atoms with E-state index in [1.165, 1.54) is 11.3 Å². The number of amides is 1. The molecule has 0 aliphatic heterocycles. The van der Waals surface area contributed by atoms with Crippen molar-refractivity contribution >= 4 is 32.6 Å². The molecule has 0 fully saturated rings. The minimum Gasteiger partial charge on any atom is -0.497 e. The number of nitrogens with zero attached hydrogens (tertiary/aromatic N) is 3. The second-order valence-corrected chi connectivity index (χ2v) is 8.26. The van der Waals surface area contributed by atoms with Crippen molar-refractivity contribution in [2.75, 3.05) is 52.9 Å². The van der Waals surface area contributed by atoms with Gasteiger partial charge in [-0.15, -0.1) is 0 Å². The highest BCUT2D eigenvalue weighted by Gasteiger charge is 2.23. The summed E-state index contributed by atoms with van der Waals surface area (Å²) in [6.45, 7) is 3.90. The van der Waals surface area contributed by atoms with Gasteiger partial charge in [0.05, 0.1) is 25.5 Å². The van der Waals surface area contributed by atoms with E-state index in [1.54, 1.807) is 37.3 Å². The zero-order valence-corrected chi connectivity index (χ0v) is 19.5. The lowest BCUT2D eigenvalue weighted by atomic mass is 10.1. The highest BCUT2D eigenvalue weighted by molar-refractivity contribution is 7.22. The van der Waals surface area contributed by atoms with Crippen molar-refractivity contribution < 1.29 is 19.0 Å². The van der Waals surface area contributed by atoms with Gasteiger partial charge in [-0.2, -0.15) is 0 Å². The average Bonchev–Trinajstić information content (AvgIpc) is 3.20. The van der Waals surface area contributed by atoms with Crippen molar-refractivity contribution in [3.63, 3.8) is 0 Å². The molecule has 1 aromatic heterocycles. The number of hydrogen-bond acceptors (Lipinski definition) is 7. The smallest absolute Gasteiger partial charge is 0.260 e. The number of ether oxygens (including phenoxy) is 3. The molecule has 2 aromatic carbocycles. The van der Waals surface area contributed by atoms with E-state index in [1.807, 2.05) is 39.2 Å². The number of benzene rings is 2. The van der Waals surface area contributed by atoms with E-state index in [4.69, 9.17) is 19.2 Å². The Labute approximate surface area is 187 Å². The van der Waals surface area contributed by atoms with E-state index >= 15 is 0 Å². The van der Waals surface area contributed by atoms with Crippen molar-refractivity contribution in [1.29, 1.82) is 0 Å². The molecule has 7 nitrogen and oxygen atoms in total. The molecule has 0 saturated carbocycles. The SMILES string of the molecule is CCOc1cccc2sc(N(CCCN(C)C)C(=O)c3cc(OC)cc(OC)c3)nc12. The predicted molar refractivity (Wildman–Crippen MR) is 125 cm³/mol. The van der Waals surface area contributed by atoms with Gasteiger partial charge in [-0.3, -0.25) is 9.69 Å². The van der Waals surface area contributed by atoms with Crippen LogP contribution in [-0.4, -0.2) is 63.8 Å². The van der Waals surface area contributed by atoms with E-state index in [2.05, 4.69) is 4.90 Å². The summed E-state index contributed by atoms with van der Waals surface area (Å²) in [4.78, 5) is 22.2. The van der Waals surface area contributed by atoms with E-state index in [9.17, 15) is 4.79 Å². The summed E-state index contributed by atoms with van der Waals surface area (Å²) in [5, 5.41) is 0.646. The highest BCUT2D eigenvalue weighted by atomic mass is 32.1. The van der Waals surface area contributed by atoms with Crippen molar-refractivity contribution in [2.45, 2.75) is 13.3 Å². The molecule has 1 amide bonds. The van der Waals surface area contributed by atoms with Gasteiger partial charge in [0.25, 0.3) is 5.91 Å². The van der Waals surface area contributed by atoms with Crippen molar-refractivity contribution in [1.82, 2.24) is 9.88 Å². The van der Waals surface area contributed by atoms with E-state index < -0.39 is 0 Å². The van der Waals surface area contributed by atoms with Crippen molar-refractivity contribution in [2.24, 2.45) is 0 Å². The lowest BCUT2D eigenvalue weighted by Gasteiger charge is -2.21. The number of methoxy groups -OCH3 is 2. The zero-order chi connectivity index (χ0) is 22.4. The number of rotatable bonds is 10. The summed E-state index contributed by atoms with van der Waals surface area (Å²) in [5.41, 5.74) is 1.27. The Hall–Kier alpha value is -2.84. The second kappa shape index (κ2) is 10.5. The van der Waals surface area contributed by atoms with E-state index in [0.29, 0.717) is 35.3 Å². The minimum atomic E-state index is -0.145. The Balaban J connectivity index is 2.01. The van der Waals surface area contributed by atoms with Crippen LogP contribution >= 0.6 is 11.3 Å². The van der Waals surface area contributed by atoms with Gasteiger partial charge in [-0.05, 0) is 58.3 Å². The summed E-state index contributed by atoms with van der Waals surface area (Å²) in [5.74, 6) is 1.72. The standard InChI is InChI=1S/C23H29N3O4S/c1-6-30-19-9-7-10-20-21(19)24-23(31-20)26(12-8-11-25(2)3)22(27)16-13-17(28-4)15-18(14-16)29-5/h7,9-10,13-15H,6,8,11-12H2,1-5H3. The average molecular weight is 444 g/mol. The van der Waals surface area contributed by atoms with Crippen LogP contribution in [0.3, 0.4) is 0 Å². The maximum absolute atomic E-state index is 13.6. The monoisotopic (exact) mass is 443 g/mol. The van der Waals surface area contributed by atoms with Gasteiger partial charge >= 0.3 is 0 Å². The largest absolute Gasteiger partial charge is 0.497 e. The van der Waals surface area contributed by atoms with Gasteiger partial charge in [0.1, 0.15) is 22.8 Å². The van der Waals surface area contributed by atoms with Gasteiger partial charge in [-0.1, -0.05) is 17.4 Å². The predicted octanol–water partition coefficient (Wildman–Crippen LogP) is 4.31. The Morgan fingerprint density at radius 3 is 2.39 bits per heavy atom. The van der Waals surface area contributed by atoms with Gasteiger partial charge in [0, 0.05) is 18.2 Å². The molecule has 0 radical (unpaired) electrons. The van der Waals surface area contributed by atoms with Crippen LogP contribution in [0.1, 0.15) is 23.7 Å². The summed E-state index contributed by atoms with van der Waals surface area (Å²) in [6.07, 6.45) is 0.814. The lowest BCUT2D eigenvalue weighted by molar-refractivity contribution is 0.0985. The molecular weight excluding hydrogens is 414 g/mol. The maximum atomic E-state index is 13.6. The molecule has 0 N–H and O–H groups in total. The molecule has 0 bridgehead atoms. The molecule has 0 aliphatic carbocycles.